The minimum atomic E-state index is -0.538. The average Bonchev–Trinajstić information content (AvgIpc) is 2.33. The summed E-state index contributed by atoms with van der Waals surface area (Å²) >= 11 is 0. The number of nitrogens with zero attached hydrogens (tertiary/aromatic N) is 1. The zero-order valence-corrected chi connectivity index (χ0v) is 10.4. The number of H-pyrrole nitrogens is 1. The Kier molecular flexibility index (Phi) is 5.19. The van der Waals surface area contributed by atoms with Crippen LogP contribution in [-0.2, 0) is 11.3 Å². The number of hydrogen-bond donors (Lipinski definition) is 3. The fourth-order valence-electron chi connectivity index (χ4n) is 1.46. The van der Waals surface area contributed by atoms with Crippen molar-refractivity contribution in [3.8, 4) is 0 Å². The van der Waals surface area contributed by atoms with E-state index in [2.05, 4.69) is 16.9 Å². The molecule has 4 N–H and O–H groups in total. The van der Waals surface area contributed by atoms with Crippen molar-refractivity contribution in [3.63, 3.8) is 0 Å². The summed E-state index contributed by atoms with van der Waals surface area (Å²) in [5, 5.41) is 2.89. The third-order valence-corrected chi connectivity index (χ3v) is 2.41. The number of aromatic amines is 1. The number of aromatic nitrogens is 2. The topological polar surface area (TPSA) is 102 Å². The van der Waals surface area contributed by atoms with Gasteiger partial charge in [0.2, 0.25) is 0 Å². The normalized spacial score (nSPS) is 10.3. The maximum Gasteiger partial charge on any atom is 0.330 e. The third-order valence-electron chi connectivity index (χ3n) is 2.41. The van der Waals surface area contributed by atoms with Crippen LogP contribution in [0.15, 0.2) is 22.2 Å². The highest BCUT2D eigenvalue weighted by molar-refractivity contribution is 5.60. The Morgan fingerprint density at radius 2 is 2.28 bits per heavy atom. The maximum absolute atomic E-state index is 11.6. The number of methoxy groups -OCH3 is 1. The van der Waals surface area contributed by atoms with E-state index < -0.39 is 11.2 Å². The van der Waals surface area contributed by atoms with Gasteiger partial charge < -0.3 is 15.8 Å². The monoisotopic (exact) mass is 254 g/mol. The lowest BCUT2D eigenvalue weighted by Crippen LogP contribution is -2.35. The van der Waals surface area contributed by atoms with Crippen LogP contribution in [0.4, 0.5) is 11.5 Å². The quantitative estimate of drug-likeness (QED) is 0.460. The SMILES string of the molecule is C=CCCNc1c(N)n(CCOC)c(=O)[nH]c1=O. The zero-order chi connectivity index (χ0) is 13.5. The van der Waals surface area contributed by atoms with Gasteiger partial charge in [-0.2, -0.15) is 0 Å². The Balaban J connectivity index is 3.05. The summed E-state index contributed by atoms with van der Waals surface area (Å²) in [6, 6.07) is 0. The van der Waals surface area contributed by atoms with Crippen molar-refractivity contribution in [1.29, 1.82) is 0 Å². The van der Waals surface area contributed by atoms with Crippen LogP contribution in [-0.4, -0.2) is 29.8 Å². The second kappa shape index (κ2) is 6.65. The molecule has 0 aromatic carbocycles. The van der Waals surface area contributed by atoms with E-state index in [1.165, 1.54) is 11.7 Å². The van der Waals surface area contributed by atoms with E-state index in [4.69, 9.17) is 10.5 Å². The second-order valence-corrected chi connectivity index (χ2v) is 3.67. The Labute approximate surface area is 104 Å². The molecule has 18 heavy (non-hydrogen) atoms. The molecule has 1 aromatic rings. The molecule has 0 saturated heterocycles. The van der Waals surface area contributed by atoms with Gasteiger partial charge in [0.25, 0.3) is 5.56 Å². The highest BCUT2D eigenvalue weighted by atomic mass is 16.5. The van der Waals surface area contributed by atoms with E-state index >= 15 is 0 Å². The third kappa shape index (κ3) is 3.24. The summed E-state index contributed by atoms with van der Waals surface area (Å²) in [7, 11) is 1.52. The zero-order valence-electron chi connectivity index (χ0n) is 10.4. The van der Waals surface area contributed by atoms with Crippen molar-refractivity contribution < 1.29 is 4.74 Å². The van der Waals surface area contributed by atoms with Gasteiger partial charge in [-0.05, 0) is 6.42 Å². The van der Waals surface area contributed by atoms with Crippen LogP contribution in [0.3, 0.4) is 0 Å². The van der Waals surface area contributed by atoms with E-state index in [9.17, 15) is 9.59 Å². The van der Waals surface area contributed by atoms with Gasteiger partial charge in [0.05, 0.1) is 13.2 Å². The van der Waals surface area contributed by atoms with Crippen molar-refractivity contribution in [3.05, 3.63) is 33.5 Å². The molecule has 0 unspecified atom stereocenters. The predicted octanol–water partition coefficient (Wildman–Crippen LogP) is -0.247. The van der Waals surface area contributed by atoms with Gasteiger partial charge >= 0.3 is 5.69 Å². The summed E-state index contributed by atoms with van der Waals surface area (Å²) in [6.07, 6.45) is 2.41. The summed E-state index contributed by atoms with van der Waals surface area (Å²) in [5.41, 5.74) is 4.95. The van der Waals surface area contributed by atoms with E-state index in [1.807, 2.05) is 0 Å². The fourth-order valence-corrected chi connectivity index (χ4v) is 1.46. The number of nitrogen functional groups attached to an aromatic ring is 1. The van der Waals surface area contributed by atoms with Crippen molar-refractivity contribution in [2.45, 2.75) is 13.0 Å². The van der Waals surface area contributed by atoms with Gasteiger partial charge in [-0.3, -0.25) is 14.3 Å². The van der Waals surface area contributed by atoms with Gasteiger partial charge in [-0.15, -0.1) is 6.58 Å². The lowest BCUT2D eigenvalue weighted by atomic mass is 10.4. The molecule has 0 saturated carbocycles. The Morgan fingerprint density at radius 1 is 1.56 bits per heavy atom. The molecule has 0 amide bonds. The number of nitrogens with one attached hydrogen (secondary N) is 2. The predicted molar refractivity (Wildman–Crippen MR) is 70.9 cm³/mol. The lowest BCUT2D eigenvalue weighted by Gasteiger charge is -2.13. The van der Waals surface area contributed by atoms with E-state index in [0.717, 1.165) is 0 Å². The van der Waals surface area contributed by atoms with Gasteiger partial charge in [0, 0.05) is 13.7 Å². The molecular formula is C11H18N4O3. The Bertz CT molecular complexity index is 518. The van der Waals surface area contributed by atoms with E-state index in [-0.39, 0.29) is 18.1 Å². The summed E-state index contributed by atoms with van der Waals surface area (Å²) in [5.74, 6) is 0.116. The molecular weight excluding hydrogens is 236 g/mol. The van der Waals surface area contributed by atoms with E-state index in [1.54, 1.807) is 6.08 Å². The number of anilines is 2. The van der Waals surface area contributed by atoms with Crippen LogP contribution in [0.2, 0.25) is 0 Å². The molecule has 0 spiro atoms. The molecule has 7 nitrogen and oxygen atoms in total. The maximum atomic E-state index is 11.6. The summed E-state index contributed by atoms with van der Waals surface area (Å²) in [4.78, 5) is 25.4. The molecule has 1 rings (SSSR count). The van der Waals surface area contributed by atoms with Crippen molar-refractivity contribution in [2.24, 2.45) is 0 Å². The highest BCUT2D eigenvalue weighted by Crippen LogP contribution is 2.09. The molecule has 1 heterocycles. The number of nitrogens with two attached hydrogens (primary N) is 1. The van der Waals surface area contributed by atoms with Gasteiger partial charge in [-0.1, -0.05) is 6.08 Å². The van der Waals surface area contributed by atoms with Crippen LogP contribution >= 0.6 is 0 Å². The van der Waals surface area contributed by atoms with Gasteiger partial charge in [-0.25, -0.2) is 4.79 Å². The first-order valence-corrected chi connectivity index (χ1v) is 5.58. The first-order chi connectivity index (χ1) is 8.61. The molecule has 1 aromatic heterocycles. The largest absolute Gasteiger partial charge is 0.383 e. The smallest absolute Gasteiger partial charge is 0.330 e. The second-order valence-electron chi connectivity index (χ2n) is 3.67. The average molecular weight is 254 g/mol. The molecule has 0 aliphatic heterocycles. The summed E-state index contributed by atoms with van der Waals surface area (Å²) < 4.78 is 6.15. The Morgan fingerprint density at radius 3 is 2.89 bits per heavy atom. The summed E-state index contributed by atoms with van der Waals surface area (Å²) in [6.45, 7) is 4.73. The molecule has 0 aliphatic carbocycles. The number of hydrogen-bond acceptors (Lipinski definition) is 5. The van der Waals surface area contributed by atoms with Crippen LogP contribution in [0.1, 0.15) is 6.42 Å². The lowest BCUT2D eigenvalue weighted by molar-refractivity contribution is 0.186. The van der Waals surface area contributed by atoms with Crippen LogP contribution < -0.4 is 22.3 Å². The highest BCUT2D eigenvalue weighted by Gasteiger charge is 2.11. The van der Waals surface area contributed by atoms with Crippen LogP contribution in [0.5, 0.6) is 0 Å². The first kappa shape index (κ1) is 14.0. The van der Waals surface area contributed by atoms with Gasteiger partial charge in [0.1, 0.15) is 11.5 Å². The number of rotatable bonds is 7. The Hall–Kier alpha value is -2.02. The van der Waals surface area contributed by atoms with Gasteiger partial charge in [0.15, 0.2) is 0 Å². The molecule has 100 valence electrons. The van der Waals surface area contributed by atoms with Crippen LogP contribution in [0, 0.1) is 0 Å². The standard InChI is InChI=1S/C11H18N4O3/c1-3-4-5-13-8-9(12)15(6-7-18-2)11(17)14-10(8)16/h3,13H,1,4-7,12H2,2H3,(H,14,16,17). The molecule has 7 heteroatoms. The minimum Gasteiger partial charge on any atom is -0.383 e. The van der Waals surface area contributed by atoms with Crippen molar-refractivity contribution in [2.75, 3.05) is 31.3 Å². The first-order valence-electron chi connectivity index (χ1n) is 5.58. The van der Waals surface area contributed by atoms with Crippen molar-refractivity contribution >= 4 is 11.5 Å². The molecule has 0 radical (unpaired) electrons. The van der Waals surface area contributed by atoms with Crippen molar-refractivity contribution in [1.82, 2.24) is 9.55 Å². The number of ether oxygens (including phenoxy) is 1. The van der Waals surface area contributed by atoms with E-state index in [0.29, 0.717) is 19.6 Å². The minimum absolute atomic E-state index is 0.116. The molecule has 0 aliphatic rings. The fraction of sp³-hybridized carbons (Fsp3) is 0.455. The molecule has 0 atom stereocenters. The van der Waals surface area contributed by atoms with Crippen LogP contribution in [0.25, 0.3) is 0 Å². The molecule has 0 fully saturated rings. The molecule has 0 bridgehead atoms.